The van der Waals surface area contributed by atoms with Gasteiger partial charge in [0.2, 0.25) is 0 Å². The molecule has 2 atom stereocenters. The van der Waals surface area contributed by atoms with Gasteiger partial charge in [-0.3, -0.25) is 0 Å². The Morgan fingerprint density at radius 1 is 1.24 bits per heavy atom. The van der Waals surface area contributed by atoms with Gasteiger partial charge < -0.3 is 5.32 Å². The molecule has 0 unspecified atom stereocenters. The van der Waals surface area contributed by atoms with Crippen LogP contribution in [0.2, 0.25) is 0 Å². The predicted molar refractivity (Wildman–Crippen MR) is 87.4 cm³/mol. The lowest BCUT2D eigenvalue weighted by molar-refractivity contribution is 0.252. The normalized spacial score (nSPS) is 24.1. The number of carbonyl (C=O) groups is 1. The van der Waals surface area contributed by atoms with Crippen molar-refractivity contribution in [3.05, 3.63) is 30.3 Å². The largest absolute Gasteiger partial charge is 0.339 e. The molecule has 2 amide bonds. The van der Waals surface area contributed by atoms with Crippen LogP contribution in [0.5, 0.6) is 0 Å². The van der Waals surface area contributed by atoms with Crippen molar-refractivity contribution in [1.82, 2.24) is 5.43 Å². The molecule has 114 valence electrons. The predicted octanol–water partition coefficient (Wildman–Crippen LogP) is 4.26. The highest BCUT2D eigenvalue weighted by Gasteiger charge is 2.27. The molecule has 0 bridgehead atoms. The lowest BCUT2D eigenvalue weighted by atomic mass is 9.76. The van der Waals surface area contributed by atoms with Gasteiger partial charge in [-0.2, -0.15) is 5.10 Å². The quantitative estimate of drug-likeness (QED) is 0.802. The summed E-state index contributed by atoms with van der Waals surface area (Å²) < 4.78 is 0. The highest BCUT2D eigenvalue weighted by atomic mass is 16.2. The van der Waals surface area contributed by atoms with Crippen molar-refractivity contribution in [1.29, 1.82) is 0 Å². The maximum atomic E-state index is 11.9. The van der Waals surface area contributed by atoms with E-state index < -0.39 is 0 Å². The molecule has 1 fully saturated rings. The van der Waals surface area contributed by atoms with Crippen LogP contribution < -0.4 is 10.7 Å². The van der Waals surface area contributed by atoms with E-state index in [-0.39, 0.29) is 6.03 Å². The molecular formula is C17H25N3O. The Bertz CT molecular complexity index is 496. The summed E-state index contributed by atoms with van der Waals surface area (Å²) in [5.41, 5.74) is 4.55. The molecule has 0 saturated heterocycles. The summed E-state index contributed by atoms with van der Waals surface area (Å²) in [5.74, 6) is 1.70. The van der Waals surface area contributed by atoms with Gasteiger partial charge >= 0.3 is 6.03 Å². The molecule has 1 aromatic rings. The van der Waals surface area contributed by atoms with Crippen molar-refractivity contribution in [2.75, 3.05) is 5.32 Å². The second kappa shape index (κ2) is 7.25. The molecule has 4 nitrogen and oxygen atoms in total. The SMILES string of the molecule is CC(C)[C@H]1CC[C@H](C)CC1=NNC(=O)Nc1ccccc1. The minimum atomic E-state index is -0.283. The molecule has 2 N–H and O–H groups in total. The molecule has 21 heavy (non-hydrogen) atoms. The number of urea groups is 1. The average molecular weight is 287 g/mol. The minimum absolute atomic E-state index is 0.283. The average Bonchev–Trinajstić information content (AvgIpc) is 2.46. The van der Waals surface area contributed by atoms with Gasteiger partial charge in [0.25, 0.3) is 0 Å². The Labute approximate surface area is 127 Å². The first kappa shape index (κ1) is 15.5. The fourth-order valence-corrected chi connectivity index (χ4v) is 2.89. The van der Waals surface area contributed by atoms with E-state index in [1.165, 1.54) is 12.8 Å². The van der Waals surface area contributed by atoms with Crippen molar-refractivity contribution in [3.8, 4) is 0 Å². The van der Waals surface area contributed by atoms with Gasteiger partial charge in [-0.1, -0.05) is 39.0 Å². The van der Waals surface area contributed by atoms with Gasteiger partial charge in [-0.15, -0.1) is 0 Å². The van der Waals surface area contributed by atoms with Crippen LogP contribution in [0.4, 0.5) is 10.5 Å². The molecule has 0 aliphatic heterocycles. The van der Waals surface area contributed by atoms with Crippen LogP contribution in [0.1, 0.15) is 40.0 Å². The zero-order valence-corrected chi connectivity index (χ0v) is 13.1. The summed E-state index contributed by atoms with van der Waals surface area (Å²) >= 11 is 0. The zero-order chi connectivity index (χ0) is 15.2. The first-order chi connectivity index (χ1) is 10.1. The molecule has 2 rings (SSSR count). The number of amides is 2. The van der Waals surface area contributed by atoms with Gasteiger partial charge in [0.05, 0.1) is 0 Å². The summed E-state index contributed by atoms with van der Waals surface area (Å²) in [6.45, 7) is 6.69. The summed E-state index contributed by atoms with van der Waals surface area (Å²) in [6, 6.07) is 9.12. The first-order valence-corrected chi connectivity index (χ1v) is 7.74. The fourth-order valence-electron chi connectivity index (χ4n) is 2.89. The summed E-state index contributed by atoms with van der Waals surface area (Å²) in [6.07, 6.45) is 3.40. The van der Waals surface area contributed by atoms with E-state index in [4.69, 9.17) is 0 Å². The van der Waals surface area contributed by atoms with Crippen LogP contribution in [0.25, 0.3) is 0 Å². The number of carbonyl (C=O) groups excluding carboxylic acids is 1. The topological polar surface area (TPSA) is 53.5 Å². The van der Waals surface area contributed by atoms with Crippen LogP contribution in [0.15, 0.2) is 35.4 Å². The number of nitrogens with zero attached hydrogens (tertiary/aromatic N) is 1. The third-order valence-electron chi connectivity index (χ3n) is 4.09. The van der Waals surface area contributed by atoms with E-state index in [0.717, 1.165) is 17.8 Å². The van der Waals surface area contributed by atoms with E-state index in [1.54, 1.807) is 0 Å². The lowest BCUT2D eigenvalue weighted by Gasteiger charge is -2.30. The maximum Gasteiger partial charge on any atom is 0.339 e. The maximum absolute atomic E-state index is 11.9. The second-order valence-electron chi connectivity index (χ2n) is 6.27. The zero-order valence-electron chi connectivity index (χ0n) is 13.1. The number of nitrogens with one attached hydrogen (secondary N) is 2. The van der Waals surface area contributed by atoms with Crippen LogP contribution in [-0.4, -0.2) is 11.7 Å². The van der Waals surface area contributed by atoms with Crippen molar-refractivity contribution >= 4 is 17.4 Å². The van der Waals surface area contributed by atoms with Crippen LogP contribution in [0.3, 0.4) is 0 Å². The van der Waals surface area contributed by atoms with Crippen LogP contribution in [0, 0.1) is 17.8 Å². The molecule has 4 heteroatoms. The van der Waals surface area contributed by atoms with Crippen molar-refractivity contribution in [3.63, 3.8) is 0 Å². The van der Waals surface area contributed by atoms with E-state index in [0.29, 0.717) is 17.8 Å². The van der Waals surface area contributed by atoms with Crippen molar-refractivity contribution in [2.24, 2.45) is 22.9 Å². The van der Waals surface area contributed by atoms with Gasteiger partial charge in [0.1, 0.15) is 0 Å². The fraction of sp³-hybridized carbons (Fsp3) is 0.529. The highest BCUT2D eigenvalue weighted by molar-refractivity contribution is 5.92. The Kier molecular flexibility index (Phi) is 5.37. The Hall–Kier alpha value is -1.84. The van der Waals surface area contributed by atoms with Gasteiger partial charge in [0, 0.05) is 17.3 Å². The molecule has 0 aromatic heterocycles. The molecule has 0 spiro atoms. The van der Waals surface area contributed by atoms with Crippen molar-refractivity contribution < 1.29 is 4.79 Å². The molecular weight excluding hydrogens is 262 g/mol. The molecule has 1 aliphatic rings. The minimum Gasteiger partial charge on any atom is -0.307 e. The summed E-state index contributed by atoms with van der Waals surface area (Å²) in [7, 11) is 0. The lowest BCUT2D eigenvalue weighted by Crippen LogP contribution is -2.32. The molecule has 0 heterocycles. The van der Waals surface area contributed by atoms with Gasteiger partial charge in [-0.25, -0.2) is 10.2 Å². The number of hydrogen-bond donors (Lipinski definition) is 2. The standard InChI is InChI=1S/C17H25N3O/c1-12(2)15-10-9-13(3)11-16(15)19-20-17(21)18-14-7-5-4-6-8-14/h4-8,12-13,15H,9-11H2,1-3H3,(H2,18,20,21)/t13-,15+/m0/s1. The van der Waals surface area contributed by atoms with Crippen LogP contribution >= 0.6 is 0 Å². The summed E-state index contributed by atoms with van der Waals surface area (Å²) in [4.78, 5) is 11.9. The number of hydrazone groups is 1. The number of para-hydroxylation sites is 1. The van der Waals surface area contributed by atoms with Crippen molar-refractivity contribution in [2.45, 2.75) is 40.0 Å². The number of hydrogen-bond acceptors (Lipinski definition) is 2. The monoisotopic (exact) mass is 287 g/mol. The smallest absolute Gasteiger partial charge is 0.307 e. The first-order valence-electron chi connectivity index (χ1n) is 7.74. The van der Waals surface area contributed by atoms with Gasteiger partial charge in [0.15, 0.2) is 0 Å². The Balaban J connectivity index is 1.96. The third kappa shape index (κ3) is 4.59. The van der Waals surface area contributed by atoms with Gasteiger partial charge in [-0.05, 0) is 43.2 Å². The van der Waals surface area contributed by atoms with E-state index in [9.17, 15) is 4.79 Å². The Morgan fingerprint density at radius 3 is 2.62 bits per heavy atom. The van der Waals surface area contributed by atoms with E-state index in [2.05, 4.69) is 36.6 Å². The molecule has 1 aliphatic carbocycles. The third-order valence-corrected chi connectivity index (χ3v) is 4.09. The molecule has 1 saturated carbocycles. The van der Waals surface area contributed by atoms with E-state index >= 15 is 0 Å². The molecule has 0 radical (unpaired) electrons. The van der Waals surface area contributed by atoms with E-state index in [1.807, 2.05) is 30.3 Å². The summed E-state index contributed by atoms with van der Waals surface area (Å²) in [5, 5.41) is 7.17. The molecule has 1 aromatic carbocycles. The number of rotatable bonds is 3. The Morgan fingerprint density at radius 2 is 1.95 bits per heavy atom. The highest BCUT2D eigenvalue weighted by Crippen LogP contribution is 2.31. The number of benzene rings is 1. The second-order valence-corrected chi connectivity index (χ2v) is 6.27. The van der Waals surface area contributed by atoms with Crippen LogP contribution in [-0.2, 0) is 0 Å². The number of anilines is 1.